The van der Waals surface area contributed by atoms with Gasteiger partial charge in [0.25, 0.3) is 0 Å². The van der Waals surface area contributed by atoms with Crippen LogP contribution < -0.4 is 0 Å². The highest BCUT2D eigenvalue weighted by Gasteiger charge is 2.13. The predicted octanol–water partition coefficient (Wildman–Crippen LogP) is 5.72. The van der Waals surface area contributed by atoms with Crippen LogP contribution in [0.25, 0.3) is 6.08 Å². The summed E-state index contributed by atoms with van der Waals surface area (Å²) in [6.07, 6.45) is 2.78. The van der Waals surface area contributed by atoms with Crippen molar-refractivity contribution in [2.75, 3.05) is 0 Å². The van der Waals surface area contributed by atoms with Crippen LogP contribution in [0.15, 0.2) is 48.5 Å². The molecule has 138 valence electrons. The van der Waals surface area contributed by atoms with Crippen molar-refractivity contribution in [3.8, 4) is 0 Å². The Morgan fingerprint density at radius 1 is 1.11 bits per heavy atom. The normalized spacial score (nSPS) is 11.3. The van der Waals surface area contributed by atoms with Crippen LogP contribution in [0.5, 0.6) is 0 Å². The summed E-state index contributed by atoms with van der Waals surface area (Å²) in [7, 11) is 0. The summed E-state index contributed by atoms with van der Waals surface area (Å²) in [5.41, 5.74) is 2.24. The molecule has 0 saturated carbocycles. The van der Waals surface area contributed by atoms with Gasteiger partial charge in [-0.15, -0.1) is 0 Å². The molecule has 0 aliphatic heterocycles. The zero-order chi connectivity index (χ0) is 19.6. The SMILES string of the molecule is Cc1nn(Cc2ccc(Cl)cc2)c(Cl)c1/C=C/C(=O)c1ccc(F)c(F)c1. The summed E-state index contributed by atoms with van der Waals surface area (Å²) < 4.78 is 27.9. The van der Waals surface area contributed by atoms with Gasteiger partial charge in [0, 0.05) is 16.1 Å². The fourth-order valence-electron chi connectivity index (χ4n) is 2.53. The van der Waals surface area contributed by atoms with E-state index in [4.69, 9.17) is 23.2 Å². The minimum Gasteiger partial charge on any atom is -0.289 e. The molecule has 0 atom stereocenters. The van der Waals surface area contributed by atoms with Crippen LogP contribution in [0.3, 0.4) is 0 Å². The molecule has 1 heterocycles. The number of ketones is 1. The van der Waals surface area contributed by atoms with Crippen LogP contribution in [0.2, 0.25) is 10.2 Å². The van der Waals surface area contributed by atoms with Gasteiger partial charge in [0.2, 0.25) is 0 Å². The molecule has 2 aromatic carbocycles. The lowest BCUT2D eigenvalue weighted by Crippen LogP contribution is -2.01. The van der Waals surface area contributed by atoms with Gasteiger partial charge in [-0.2, -0.15) is 5.10 Å². The molecule has 3 rings (SSSR count). The standard InChI is InChI=1S/C20H14Cl2F2N2O/c1-12-16(7-9-19(27)14-4-8-17(23)18(24)10-14)20(22)26(25-12)11-13-2-5-15(21)6-3-13/h2-10H,11H2,1H3/b9-7+. The molecule has 0 unspecified atom stereocenters. The van der Waals surface area contributed by atoms with Crippen LogP contribution >= 0.6 is 23.2 Å². The van der Waals surface area contributed by atoms with Gasteiger partial charge < -0.3 is 0 Å². The Morgan fingerprint density at radius 2 is 1.81 bits per heavy atom. The molecular formula is C20H14Cl2F2N2O. The molecule has 0 bridgehead atoms. The quantitative estimate of drug-likeness (QED) is 0.401. The number of carbonyl (C=O) groups excluding carboxylic acids is 1. The fraction of sp³-hybridized carbons (Fsp3) is 0.100. The maximum Gasteiger partial charge on any atom is 0.185 e. The topological polar surface area (TPSA) is 34.9 Å². The number of halogens is 4. The number of aromatic nitrogens is 2. The summed E-state index contributed by atoms with van der Waals surface area (Å²) >= 11 is 12.3. The first-order valence-corrected chi connectivity index (χ1v) is 8.75. The largest absolute Gasteiger partial charge is 0.289 e. The monoisotopic (exact) mass is 406 g/mol. The van der Waals surface area contributed by atoms with Crippen molar-refractivity contribution in [1.29, 1.82) is 0 Å². The summed E-state index contributed by atoms with van der Waals surface area (Å²) in [5, 5.41) is 5.40. The average Bonchev–Trinajstić information content (AvgIpc) is 2.90. The smallest absolute Gasteiger partial charge is 0.185 e. The van der Waals surface area contributed by atoms with Crippen molar-refractivity contribution in [2.24, 2.45) is 0 Å². The molecule has 1 aromatic heterocycles. The summed E-state index contributed by atoms with van der Waals surface area (Å²) in [5.74, 6) is -2.54. The van der Waals surface area contributed by atoms with Crippen LogP contribution in [0.4, 0.5) is 8.78 Å². The van der Waals surface area contributed by atoms with Crippen molar-refractivity contribution in [2.45, 2.75) is 13.5 Å². The molecule has 0 spiro atoms. The first-order chi connectivity index (χ1) is 12.8. The second-order valence-corrected chi connectivity index (χ2v) is 6.69. The number of allylic oxidation sites excluding steroid dienone is 1. The van der Waals surface area contributed by atoms with E-state index in [1.165, 1.54) is 18.2 Å². The van der Waals surface area contributed by atoms with Gasteiger partial charge in [-0.25, -0.2) is 13.5 Å². The third-order valence-corrected chi connectivity index (χ3v) is 4.61. The molecule has 0 N–H and O–H groups in total. The second-order valence-electron chi connectivity index (χ2n) is 5.90. The molecule has 0 aliphatic rings. The maximum absolute atomic E-state index is 13.3. The van der Waals surface area contributed by atoms with E-state index in [0.29, 0.717) is 28.0 Å². The van der Waals surface area contributed by atoms with E-state index in [2.05, 4.69) is 5.10 Å². The van der Waals surface area contributed by atoms with Crippen LogP contribution in [0, 0.1) is 18.6 Å². The molecule has 0 amide bonds. The van der Waals surface area contributed by atoms with Gasteiger partial charge in [0.05, 0.1) is 12.2 Å². The summed E-state index contributed by atoms with van der Waals surface area (Å²) in [4.78, 5) is 12.2. The Kier molecular flexibility index (Phi) is 5.73. The number of hydrogen-bond acceptors (Lipinski definition) is 2. The van der Waals surface area contributed by atoms with E-state index in [-0.39, 0.29) is 5.56 Å². The molecule has 0 radical (unpaired) electrons. The first-order valence-electron chi connectivity index (χ1n) is 8.00. The molecule has 0 saturated heterocycles. The van der Waals surface area contributed by atoms with E-state index in [0.717, 1.165) is 17.7 Å². The van der Waals surface area contributed by atoms with Gasteiger partial charge in [0.15, 0.2) is 17.4 Å². The number of carbonyl (C=O) groups is 1. The van der Waals surface area contributed by atoms with Gasteiger partial charge in [-0.1, -0.05) is 35.3 Å². The van der Waals surface area contributed by atoms with Crippen LogP contribution in [0.1, 0.15) is 27.2 Å². The number of nitrogens with zero attached hydrogens (tertiary/aromatic N) is 2. The van der Waals surface area contributed by atoms with Gasteiger partial charge in [0.1, 0.15) is 5.15 Å². The minimum atomic E-state index is -1.07. The van der Waals surface area contributed by atoms with Crippen molar-refractivity contribution in [1.82, 2.24) is 9.78 Å². The molecular weight excluding hydrogens is 393 g/mol. The van der Waals surface area contributed by atoms with Crippen LogP contribution in [-0.4, -0.2) is 15.6 Å². The van der Waals surface area contributed by atoms with Gasteiger partial charge in [-0.05, 0) is 55.0 Å². The predicted molar refractivity (Wildman–Crippen MR) is 102 cm³/mol. The first kappa shape index (κ1) is 19.3. The highest BCUT2D eigenvalue weighted by molar-refractivity contribution is 6.31. The van der Waals surface area contributed by atoms with E-state index < -0.39 is 17.4 Å². The lowest BCUT2D eigenvalue weighted by Gasteiger charge is -2.03. The Balaban J connectivity index is 1.81. The molecule has 0 fully saturated rings. The highest BCUT2D eigenvalue weighted by Crippen LogP contribution is 2.23. The third kappa shape index (κ3) is 4.43. The zero-order valence-corrected chi connectivity index (χ0v) is 15.7. The zero-order valence-electron chi connectivity index (χ0n) is 14.2. The Bertz CT molecular complexity index is 1030. The van der Waals surface area contributed by atoms with Crippen LogP contribution in [-0.2, 0) is 6.54 Å². The summed E-state index contributed by atoms with van der Waals surface area (Å²) in [6.45, 7) is 2.22. The number of benzene rings is 2. The minimum absolute atomic E-state index is 0.0486. The van der Waals surface area contributed by atoms with Crippen molar-refractivity contribution in [3.63, 3.8) is 0 Å². The summed E-state index contributed by atoms with van der Waals surface area (Å²) in [6, 6.07) is 10.3. The van der Waals surface area contributed by atoms with E-state index in [9.17, 15) is 13.6 Å². The van der Waals surface area contributed by atoms with Crippen molar-refractivity contribution in [3.05, 3.63) is 92.7 Å². The van der Waals surface area contributed by atoms with E-state index >= 15 is 0 Å². The molecule has 3 aromatic rings. The third-order valence-electron chi connectivity index (χ3n) is 3.96. The highest BCUT2D eigenvalue weighted by atomic mass is 35.5. The molecule has 3 nitrogen and oxygen atoms in total. The van der Waals surface area contributed by atoms with Crippen molar-refractivity contribution < 1.29 is 13.6 Å². The Morgan fingerprint density at radius 3 is 2.48 bits per heavy atom. The second kappa shape index (κ2) is 8.03. The van der Waals surface area contributed by atoms with E-state index in [1.54, 1.807) is 23.7 Å². The lowest BCUT2D eigenvalue weighted by molar-refractivity contribution is 0.104. The number of rotatable bonds is 5. The van der Waals surface area contributed by atoms with E-state index in [1.807, 2.05) is 12.1 Å². The fourth-order valence-corrected chi connectivity index (χ4v) is 2.95. The Labute approximate surface area is 164 Å². The van der Waals surface area contributed by atoms with Gasteiger partial charge >= 0.3 is 0 Å². The number of hydrogen-bond donors (Lipinski definition) is 0. The van der Waals surface area contributed by atoms with Gasteiger partial charge in [-0.3, -0.25) is 4.79 Å². The molecule has 27 heavy (non-hydrogen) atoms. The molecule has 7 heteroatoms. The Hall–Kier alpha value is -2.50. The average molecular weight is 407 g/mol. The lowest BCUT2D eigenvalue weighted by atomic mass is 10.1. The number of aryl methyl sites for hydroxylation is 1. The van der Waals surface area contributed by atoms with Crippen molar-refractivity contribution >= 4 is 35.1 Å². The molecule has 0 aliphatic carbocycles. The maximum atomic E-state index is 13.3.